The minimum absolute atomic E-state index is 0.141. The average molecular weight is 163 g/mol. The van der Waals surface area contributed by atoms with Crippen LogP contribution < -0.4 is 10.9 Å². The molecule has 58 valence electrons. The van der Waals surface area contributed by atoms with Crippen molar-refractivity contribution in [3.8, 4) is 0 Å². The summed E-state index contributed by atoms with van der Waals surface area (Å²) in [5, 5.41) is 10.8. The quantitative estimate of drug-likeness (QED) is 0.459. The number of hydrogen-bond acceptors (Lipinski definition) is 4. The lowest BCUT2D eigenvalue weighted by Gasteiger charge is -1.97. The topological polar surface area (TPSA) is 110 Å². The normalized spacial score (nSPS) is 14.2. The Hall–Kier alpha value is -0.880. The highest BCUT2D eigenvalue weighted by Crippen LogP contribution is 1.98. The molecule has 0 saturated carbocycles. The molecule has 0 aliphatic rings. The average Bonchev–Trinajstić information content (AvgIpc) is 1.83. The molecule has 0 unspecified atom stereocenters. The van der Waals surface area contributed by atoms with Crippen LogP contribution in [0.1, 0.15) is 6.92 Å². The van der Waals surface area contributed by atoms with Crippen molar-refractivity contribution in [2.75, 3.05) is 0 Å². The van der Waals surface area contributed by atoms with E-state index in [4.69, 9.17) is 11.1 Å². The molecule has 0 spiro atoms. The fraction of sp³-hybridized carbons (Fsp3) is 0.250. The Balaban J connectivity index is 5.02. The number of sulfonamides is 1. The predicted octanol–water partition coefficient (Wildman–Crippen LogP) is -0.885. The Morgan fingerprint density at radius 1 is 1.60 bits per heavy atom. The molecule has 0 rings (SSSR count). The van der Waals surface area contributed by atoms with Crippen LogP contribution in [0.15, 0.2) is 10.6 Å². The van der Waals surface area contributed by atoms with Crippen LogP contribution in [-0.2, 0) is 10.0 Å². The number of allylic oxidation sites excluding steroid dienone is 1. The Bertz CT molecular complexity index is 264. The van der Waals surface area contributed by atoms with Crippen LogP contribution in [-0.4, -0.2) is 14.6 Å². The minimum atomic E-state index is -3.81. The maximum Gasteiger partial charge on any atom is 0.253 e. The van der Waals surface area contributed by atoms with E-state index in [0.29, 0.717) is 0 Å². The summed E-state index contributed by atoms with van der Waals surface area (Å²) in [6.07, 6.45) is 0.833. The number of primary sulfonamides is 1. The fourth-order valence-corrected chi connectivity index (χ4v) is 0.803. The van der Waals surface area contributed by atoms with E-state index in [2.05, 4.69) is 5.14 Å². The van der Waals surface area contributed by atoms with Gasteiger partial charge in [-0.2, -0.15) is 0 Å². The van der Waals surface area contributed by atoms with E-state index in [1.807, 2.05) is 0 Å². The van der Waals surface area contributed by atoms with Crippen LogP contribution in [0.4, 0.5) is 0 Å². The fourth-order valence-electron chi connectivity index (χ4n) is 0.296. The van der Waals surface area contributed by atoms with Crippen molar-refractivity contribution in [3.05, 3.63) is 10.6 Å². The van der Waals surface area contributed by atoms with Crippen molar-refractivity contribution in [1.82, 2.24) is 0 Å². The second-order valence-corrected chi connectivity index (χ2v) is 3.27. The third-order valence-electron chi connectivity index (χ3n) is 0.912. The molecule has 0 radical (unpaired) electrons. The number of nitrogens with one attached hydrogen (secondary N) is 1. The summed E-state index contributed by atoms with van der Waals surface area (Å²) >= 11 is 0. The molecule has 0 aromatic carbocycles. The molecule has 0 heterocycles. The SMILES string of the molecule is CC(C=N)=C(N)S(N)(=O)=O. The Morgan fingerprint density at radius 2 is 2.00 bits per heavy atom. The standard InChI is InChI=1S/C4H9N3O2S/c1-3(2-5)4(6)10(7,8)9/h2,5H,6H2,1H3,(H2,7,8,9). The van der Waals surface area contributed by atoms with Gasteiger partial charge in [0.05, 0.1) is 0 Å². The Morgan fingerprint density at radius 3 is 2.10 bits per heavy atom. The molecule has 0 aliphatic heterocycles. The smallest absolute Gasteiger partial charge is 0.253 e. The van der Waals surface area contributed by atoms with Gasteiger partial charge >= 0.3 is 0 Å². The predicted molar refractivity (Wildman–Crippen MR) is 38.8 cm³/mol. The van der Waals surface area contributed by atoms with Gasteiger partial charge in [-0.05, 0) is 6.92 Å². The second-order valence-electron chi connectivity index (χ2n) is 1.74. The van der Waals surface area contributed by atoms with Gasteiger partial charge in [0.15, 0.2) is 0 Å². The van der Waals surface area contributed by atoms with Crippen LogP contribution in [0.25, 0.3) is 0 Å². The highest BCUT2D eigenvalue weighted by atomic mass is 32.2. The molecule has 5 N–H and O–H groups in total. The molecular formula is C4H9N3O2S. The highest BCUT2D eigenvalue weighted by molar-refractivity contribution is 7.93. The van der Waals surface area contributed by atoms with Crippen LogP contribution in [0, 0.1) is 5.41 Å². The summed E-state index contributed by atoms with van der Waals surface area (Å²) < 4.78 is 20.8. The number of rotatable bonds is 2. The summed E-state index contributed by atoms with van der Waals surface area (Å²) in [7, 11) is -3.81. The monoisotopic (exact) mass is 163 g/mol. The lowest BCUT2D eigenvalue weighted by Crippen LogP contribution is -2.22. The van der Waals surface area contributed by atoms with E-state index in [9.17, 15) is 8.42 Å². The van der Waals surface area contributed by atoms with Gasteiger partial charge in [0.1, 0.15) is 5.03 Å². The van der Waals surface area contributed by atoms with Crippen molar-refractivity contribution in [1.29, 1.82) is 5.41 Å². The summed E-state index contributed by atoms with van der Waals surface area (Å²) in [6.45, 7) is 1.40. The minimum Gasteiger partial charge on any atom is -0.388 e. The van der Waals surface area contributed by atoms with Gasteiger partial charge in [-0.1, -0.05) is 0 Å². The lowest BCUT2D eigenvalue weighted by molar-refractivity contribution is 0.603. The lowest BCUT2D eigenvalue weighted by atomic mass is 10.4. The van der Waals surface area contributed by atoms with Crippen LogP contribution >= 0.6 is 0 Å². The van der Waals surface area contributed by atoms with Gasteiger partial charge in [-0.3, -0.25) is 0 Å². The molecule has 0 amide bonds. The molecule has 0 saturated heterocycles. The van der Waals surface area contributed by atoms with Crippen LogP contribution in [0.3, 0.4) is 0 Å². The van der Waals surface area contributed by atoms with Gasteiger partial charge in [0.2, 0.25) is 0 Å². The van der Waals surface area contributed by atoms with E-state index in [1.165, 1.54) is 6.92 Å². The third-order valence-corrected chi connectivity index (χ3v) is 1.85. The maximum atomic E-state index is 10.4. The molecule has 0 atom stereocenters. The van der Waals surface area contributed by atoms with E-state index >= 15 is 0 Å². The van der Waals surface area contributed by atoms with Gasteiger partial charge in [-0.25, -0.2) is 13.6 Å². The highest BCUT2D eigenvalue weighted by Gasteiger charge is 2.08. The zero-order valence-corrected chi connectivity index (χ0v) is 6.27. The van der Waals surface area contributed by atoms with Gasteiger partial charge in [0, 0.05) is 11.8 Å². The largest absolute Gasteiger partial charge is 0.388 e. The van der Waals surface area contributed by atoms with Crippen molar-refractivity contribution < 1.29 is 8.42 Å². The van der Waals surface area contributed by atoms with Gasteiger partial charge in [-0.15, -0.1) is 0 Å². The first-order valence-corrected chi connectivity index (χ1v) is 3.94. The molecule has 6 heteroatoms. The molecule has 5 nitrogen and oxygen atoms in total. The number of nitrogens with two attached hydrogens (primary N) is 2. The molecule has 0 aliphatic carbocycles. The maximum absolute atomic E-state index is 10.4. The first-order valence-electron chi connectivity index (χ1n) is 2.39. The molecule has 0 aromatic heterocycles. The Kier molecular flexibility index (Phi) is 2.56. The Labute approximate surface area is 59.3 Å². The van der Waals surface area contributed by atoms with E-state index < -0.39 is 15.1 Å². The summed E-state index contributed by atoms with van der Waals surface area (Å²) in [4.78, 5) is 0. The summed E-state index contributed by atoms with van der Waals surface area (Å²) in [5.74, 6) is 0. The molecule has 0 aromatic rings. The number of hydrogen-bond donors (Lipinski definition) is 3. The van der Waals surface area contributed by atoms with E-state index in [1.54, 1.807) is 0 Å². The van der Waals surface area contributed by atoms with Crippen molar-refractivity contribution >= 4 is 16.2 Å². The van der Waals surface area contributed by atoms with Crippen LogP contribution in [0.2, 0.25) is 0 Å². The summed E-state index contributed by atoms with van der Waals surface area (Å²) in [5.41, 5.74) is 5.16. The molecule has 0 bridgehead atoms. The van der Waals surface area contributed by atoms with Gasteiger partial charge in [0.25, 0.3) is 10.0 Å². The zero-order chi connectivity index (χ0) is 8.36. The van der Waals surface area contributed by atoms with Crippen molar-refractivity contribution in [2.24, 2.45) is 10.9 Å². The zero-order valence-electron chi connectivity index (χ0n) is 5.46. The first kappa shape index (κ1) is 9.12. The third kappa shape index (κ3) is 2.16. The van der Waals surface area contributed by atoms with Gasteiger partial charge < -0.3 is 11.1 Å². The van der Waals surface area contributed by atoms with E-state index in [0.717, 1.165) is 6.21 Å². The van der Waals surface area contributed by atoms with Crippen molar-refractivity contribution in [2.45, 2.75) is 6.92 Å². The second kappa shape index (κ2) is 2.80. The van der Waals surface area contributed by atoms with E-state index in [-0.39, 0.29) is 5.57 Å². The molecule has 0 fully saturated rings. The molecule has 10 heavy (non-hydrogen) atoms. The first-order chi connectivity index (χ1) is 4.39. The van der Waals surface area contributed by atoms with Crippen molar-refractivity contribution in [3.63, 3.8) is 0 Å². The molecular weight excluding hydrogens is 154 g/mol. The van der Waals surface area contributed by atoms with Crippen LogP contribution in [0.5, 0.6) is 0 Å². The summed E-state index contributed by atoms with van der Waals surface area (Å²) in [6, 6.07) is 0.